The van der Waals surface area contributed by atoms with E-state index in [0.29, 0.717) is 27.2 Å². The Kier molecular flexibility index (Phi) is 7.59. The Balaban J connectivity index is 1.29. The Morgan fingerprint density at radius 1 is 0.952 bits per heavy atom. The van der Waals surface area contributed by atoms with Crippen LogP contribution in [0.15, 0.2) is 112 Å². The number of carbonyl (C=O) groups excluding carboxylic acids is 1. The first-order chi connectivity index (χ1) is 20.4. The van der Waals surface area contributed by atoms with Crippen molar-refractivity contribution in [2.24, 2.45) is 4.99 Å². The van der Waals surface area contributed by atoms with E-state index < -0.39 is 12.0 Å². The van der Waals surface area contributed by atoms with Gasteiger partial charge in [0, 0.05) is 0 Å². The summed E-state index contributed by atoms with van der Waals surface area (Å²) >= 11 is 1.31. The van der Waals surface area contributed by atoms with Crippen molar-refractivity contribution in [1.29, 1.82) is 0 Å². The molecule has 0 aliphatic carbocycles. The van der Waals surface area contributed by atoms with Crippen LogP contribution in [0, 0.1) is 6.92 Å². The van der Waals surface area contributed by atoms with E-state index in [1.807, 2.05) is 73.7 Å². The van der Waals surface area contributed by atoms with Gasteiger partial charge in [0.15, 0.2) is 4.80 Å². The Labute approximate surface area is 247 Å². The molecule has 4 aromatic carbocycles. The fourth-order valence-electron chi connectivity index (χ4n) is 5.16. The maximum Gasteiger partial charge on any atom is 0.338 e. The highest BCUT2D eigenvalue weighted by Crippen LogP contribution is 2.31. The average Bonchev–Trinajstić information content (AvgIpc) is 3.30. The minimum atomic E-state index is -0.617. The third kappa shape index (κ3) is 5.43. The summed E-state index contributed by atoms with van der Waals surface area (Å²) < 4.78 is 13.6. The van der Waals surface area contributed by atoms with Crippen LogP contribution in [0.1, 0.15) is 42.1 Å². The summed E-state index contributed by atoms with van der Waals surface area (Å²) in [5.41, 5.74) is 4.63. The molecule has 2 heterocycles. The summed E-state index contributed by atoms with van der Waals surface area (Å²) in [6.45, 7) is 6.26. The first-order valence-corrected chi connectivity index (χ1v) is 14.7. The molecular formula is C35H30N2O4S. The molecule has 7 heteroatoms. The first-order valence-electron chi connectivity index (χ1n) is 13.9. The zero-order chi connectivity index (χ0) is 29.2. The van der Waals surface area contributed by atoms with Crippen LogP contribution in [0.2, 0.25) is 0 Å². The zero-order valence-electron chi connectivity index (χ0n) is 23.7. The van der Waals surface area contributed by atoms with Crippen LogP contribution in [0.25, 0.3) is 16.8 Å². The molecule has 0 fully saturated rings. The molecule has 0 amide bonds. The fraction of sp³-hybridized carbons (Fsp3) is 0.171. The van der Waals surface area contributed by atoms with Crippen LogP contribution in [0.5, 0.6) is 5.75 Å². The number of nitrogens with zero attached hydrogens (tertiary/aromatic N) is 2. The van der Waals surface area contributed by atoms with E-state index in [2.05, 4.69) is 35.3 Å². The van der Waals surface area contributed by atoms with E-state index >= 15 is 0 Å². The largest absolute Gasteiger partial charge is 0.489 e. The zero-order valence-corrected chi connectivity index (χ0v) is 24.5. The standard InChI is InChI=1S/C35H30N2O4S/c1-4-40-34(39)31-23(3)36-35-37(32(31)27-14-9-22(2)10-15-27)33(38)30(42-35)20-24-12-17-29(18-13-24)41-21-25-11-16-26-7-5-6-8-28(26)19-25/h5-20,32H,4,21H2,1-3H3/b30-20+/t32-/m0/s1. The van der Waals surface area contributed by atoms with Crippen LogP contribution < -0.4 is 19.6 Å². The first kappa shape index (κ1) is 27.4. The van der Waals surface area contributed by atoms with E-state index in [1.54, 1.807) is 18.4 Å². The minimum Gasteiger partial charge on any atom is -0.489 e. The van der Waals surface area contributed by atoms with Gasteiger partial charge in [0.1, 0.15) is 12.4 Å². The molecule has 0 spiro atoms. The smallest absolute Gasteiger partial charge is 0.338 e. The van der Waals surface area contributed by atoms with Crippen molar-refractivity contribution in [1.82, 2.24) is 4.57 Å². The van der Waals surface area contributed by atoms with Gasteiger partial charge in [-0.1, -0.05) is 89.7 Å². The Morgan fingerprint density at radius 3 is 2.43 bits per heavy atom. The van der Waals surface area contributed by atoms with Gasteiger partial charge in [0.25, 0.3) is 5.56 Å². The van der Waals surface area contributed by atoms with Crippen molar-refractivity contribution in [3.8, 4) is 5.75 Å². The van der Waals surface area contributed by atoms with E-state index in [9.17, 15) is 9.59 Å². The number of benzene rings is 4. The molecule has 42 heavy (non-hydrogen) atoms. The number of ether oxygens (including phenoxy) is 2. The summed E-state index contributed by atoms with van der Waals surface area (Å²) in [4.78, 5) is 32.1. The summed E-state index contributed by atoms with van der Waals surface area (Å²) in [6.07, 6.45) is 1.85. The number of aryl methyl sites for hydroxylation is 1. The van der Waals surface area contributed by atoms with Crippen LogP contribution in [-0.4, -0.2) is 17.1 Å². The number of hydrogen-bond acceptors (Lipinski definition) is 6. The van der Waals surface area contributed by atoms with Gasteiger partial charge in [-0.05, 0) is 72.5 Å². The predicted molar refractivity (Wildman–Crippen MR) is 166 cm³/mol. The van der Waals surface area contributed by atoms with Crippen molar-refractivity contribution >= 4 is 34.2 Å². The second kappa shape index (κ2) is 11.6. The number of thiazole rings is 1. The highest BCUT2D eigenvalue weighted by Gasteiger charge is 2.33. The number of carbonyl (C=O) groups is 1. The number of esters is 1. The van der Waals surface area contributed by atoms with Crippen LogP contribution in [0.4, 0.5) is 0 Å². The van der Waals surface area contributed by atoms with Crippen molar-refractivity contribution in [2.45, 2.75) is 33.4 Å². The van der Waals surface area contributed by atoms with Gasteiger partial charge < -0.3 is 9.47 Å². The lowest BCUT2D eigenvalue weighted by atomic mass is 9.95. The second-order valence-corrected chi connectivity index (χ2v) is 11.3. The van der Waals surface area contributed by atoms with Gasteiger partial charge in [0.05, 0.1) is 28.5 Å². The molecule has 0 N–H and O–H groups in total. The molecule has 0 unspecified atom stereocenters. The quantitative estimate of drug-likeness (QED) is 0.229. The fourth-order valence-corrected chi connectivity index (χ4v) is 6.21. The van der Waals surface area contributed by atoms with Gasteiger partial charge >= 0.3 is 5.97 Å². The highest BCUT2D eigenvalue weighted by atomic mass is 32.1. The molecule has 1 aliphatic heterocycles. The summed E-state index contributed by atoms with van der Waals surface area (Å²) in [7, 11) is 0. The summed E-state index contributed by atoms with van der Waals surface area (Å²) in [6, 6.07) is 29.5. The number of aromatic nitrogens is 1. The Morgan fingerprint density at radius 2 is 1.69 bits per heavy atom. The van der Waals surface area contributed by atoms with Crippen LogP contribution >= 0.6 is 11.3 Å². The van der Waals surface area contributed by atoms with Crippen molar-refractivity contribution in [3.63, 3.8) is 0 Å². The molecule has 6 nitrogen and oxygen atoms in total. The lowest BCUT2D eigenvalue weighted by Crippen LogP contribution is -2.39. The number of rotatable bonds is 7. The van der Waals surface area contributed by atoms with Gasteiger partial charge in [-0.3, -0.25) is 9.36 Å². The maximum atomic E-state index is 13.8. The lowest BCUT2D eigenvalue weighted by molar-refractivity contribution is -0.139. The molecule has 1 aliphatic rings. The Hall–Kier alpha value is -4.75. The van der Waals surface area contributed by atoms with E-state index in [4.69, 9.17) is 9.47 Å². The van der Waals surface area contributed by atoms with Crippen LogP contribution in [0.3, 0.4) is 0 Å². The van der Waals surface area contributed by atoms with E-state index in [-0.39, 0.29) is 12.2 Å². The number of hydrogen-bond donors (Lipinski definition) is 0. The number of fused-ring (bicyclic) bond motifs is 2. The molecule has 6 rings (SSSR count). The van der Waals surface area contributed by atoms with Gasteiger partial charge in [-0.2, -0.15) is 0 Å². The molecular weight excluding hydrogens is 544 g/mol. The summed E-state index contributed by atoms with van der Waals surface area (Å²) in [5, 5.41) is 2.39. The topological polar surface area (TPSA) is 69.9 Å². The van der Waals surface area contributed by atoms with Gasteiger partial charge in [0.2, 0.25) is 0 Å². The van der Waals surface area contributed by atoms with Gasteiger partial charge in [-0.25, -0.2) is 9.79 Å². The van der Waals surface area contributed by atoms with Gasteiger partial charge in [-0.15, -0.1) is 0 Å². The number of allylic oxidation sites excluding steroid dienone is 1. The normalized spacial score (nSPS) is 14.9. The van der Waals surface area contributed by atoms with Crippen LogP contribution in [-0.2, 0) is 16.1 Å². The second-order valence-electron chi connectivity index (χ2n) is 10.3. The Bertz CT molecular complexity index is 2000. The summed E-state index contributed by atoms with van der Waals surface area (Å²) in [5.74, 6) is 0.286. The predicted octanol–water partition coefficient (Wildman–Crippen LogP) is 5.84. The van der Waals surface area contributed by atoms with E-state index in [0.717, 1.165) is 28.0 Å². The molecule has 5 aromatic rings. The molecule has 210 valence electrons. The molecule has 0 bridgehead atoms. The van der Waals surface area contributed by atoms with Crippen molar-refractivity contribution in [3.05, 3.63) is 144 Å². The van der Waals surface area contributed by atoms with Crippen molar-refractivity contribution < 1.29 is 14.3 Å². The lowest BCUT2D eigenvalue weighted by Gasteiger charge is -2.24. The minimum absolute atomic E-state index is 0.199. The maximum absolute atomic E-state index is 13.8. The molecule has 0 saturated heterocycles. The monoisotopic (exact) mass is 574 g/mol. The highest BCUT2D eigenvalue weighted by molar-refractivity contribution is 7.07. The molecule has 1 aromatic heterocycles. The SMILES string of the molecule is CCOC(=O)C1=C(C)N=c2s/c(=C/c3ccc(OCc4ccc5ccccc5c4)cc3)c(=O)n2[C@H]1c1ccc(C)cc1. The van der Waals surface area contributed by atoms with Crippen molar-refractivity contribution in [2.75, 3.05) is 6.61 Å². The third-order valence-electron chi connectivity index (χ3n) is 7.31. The van der Waals surface area contributed by atoms with E-state index in [1.165, 1.54) is 22.1 Å². The third-order valence-corrected chi connectivity index (χ3v) is 8.29. The molecule has 0 saturated carbocycles. The average molecular weight is 575 g/mol. The molecule has 0 radical (unpaired) electrons. The molecule has 1 atom stereocenters.